The zero-order valence-corrected chi connectivity index (χ0v) is 12.5. The SMILES string of the molecule is CC1CCCCC1NC(=O)CC(N)CC(C)(C)C. The number of nitrogens with one attached hydrogen (secondary N) is 1. The lowest BCUT2D eigenvalue weighted by molar-refractivity contribution is -0.122. The third kappa shape index (κ3) is 5.85. The van der Waals surface area contributed by atoms with Crippen LogP contribution in [0.3, 0.4) is 0 Å². The van der Waals surface area contributed by atoms with Crippen LogP contribution in [0.4, 0.5) is 0 Å². The number of rotatable bonds is 4. The van der Waals surface area contributed by atoms with Gasteiger partial charge in [0.15, 0.2) is 0 Å². The van der Waals surface area contributed by atoms with Gasteiger partial charge < -0.3 is 11.1 Å². The van der Waals surface area contributed by atoms with Crippen LogP contribution in [-0.4, -0.2) is 18.0 Å². The predicted octanol–water partition coefficient (Wildman–Crippen LogP) is 2.83. The van der Waals surface area contributed by atoms with E-state index in [9.17, 15) is 4.79 Å². The summed E-state index contributed by atoms with van der Waals surface area (Å²) in [4.78, 5) is 12.0. The summed E-state index contributed by atoms with van der Waals surface area (Å²) in [7, 11) is 0. The van der Waals surface area contributed by atoms with Crippen LogP contribution in [0, 0.1) is 11.3 Å². The molecule has 0 spiro atoms. The summed E-state index contributed by atoms with van der Waals surface area (Å²) >= 11 is 0. The van der Waals surface area contributed by atoms with Crippen LogP contribution in [0.5, 0.6) is 0 Å². The first-order chi connectivity index (χ1) is 8.28. The van der Waals surface area contributed by atoms with Crippen molar-refractivity contribution in [2.75, 3.05) is 0 Å². The highest BCUT2D eigenvalue weighted by Gasteiger charge is 2.24. The molecule has 18 heavy (non-hydrogen) atoms. The molecule has 106 valence electrons. The number of hydrogen-bond acceptors (Lipinski definition) is 2. The molecule has 3 atom stereocenters. The maximum absolute atomic E-state index is 12.0. The Balaban J connectivity index is 2.32. The van der Waals surface area contributed by atoms with Crippen LogP contribution in [0.1, 0.15) is 66.2 Å². The van der Waals surface area contributed by atoms with Gasteiger partial charge in [0.05, 0.1) is 0 Å². The molecule has 3 N–H and O–H groups in total. The Labute approximate surface area is 112 Å². The molecule has 0 heterocycles. The van der Waals surface area contributed by atoms with Crippen molar-refractivity contribution in [3.63, 3.8) is 0 Å². The van der Waals surface area contributed by atoms with E-state index < -0.39 is 0 Å². The van der Waals surface area contributed by atoms with Crippen LogP contribution < -0.4 is 11.1 Å². The molecule has 3 unspecified atom stereocenters. The van der Waals surface area contributed by atoms with Gasteiger partial charge in [0.2, 0.25) is 5.91 Å². The maximum Gasteiger partial charge on any atom is 0.221 e. The van der Waals surface area contributed by atoms with Gasteiger partial charge in [-0.15, -0.1) is 0 Å². The van der Waals surface area contributed by atoms with Crippen molar-refractivity contribution in [2.45, 2.75) is 78.3 Å². The minimum Gasteiger partial charge on any atom is -0.353 e. The summed E-state index contributed by atoms with van der Waals surface area (Å²) in [6.07, 6.45) is 6.25. The molecule has 3 nitrogen and oxygen atoms in total. The number of carbonyl (C=O) groups is 1. The smallest absolute Gasteiger partial charge is 0.221 e. The molecule has 1 saturated carbocycles. The van der Waals surface area contributed by atoms with Gasteiger partial charge in [-0.2, -0.15) is 0 Å². The molecule has 0 aromatic rings. The molecule has 0 bridgehead atoms. The Morgan fingerprint density at radius 3 is 2.50 bits per heavy atom. The van der Waals surface area contributed by atoms with Gasteiger partial charge >= 0.3 is 0 Å². The van der Waals surface area contributed by atoms with E-state index in [0.29, 0.717) is 18.4 Å². The average molecular weight is 254 g/mol. The molecule has 0 radical (unpaired) electrons. The largest absolute Gasteiger partial charge is 0.353 e. The summed E-state index contributed by atoms with van der Waals surface area (Å²) < 4.78 is 0. The Hall–Kier alpha value is -0.570. The molecule has 1 rings (SSSR count). The van der Waals surface area contributed by atoms with Crippen LogP contribution in [0.25, 0.3) is 0 Å². The highest BCUT2D eigenvalue weighted by Crippen LogP contribution is 2.24. The molecule has 0 aliphatic heterocycles. The third-order valence-electron chi connectivity index (χ3n) is 3.78. The summed E-state index contributed by atoms with van der Waals surface area (Å²) in [5.74, 6) is 0.743. The molecular formula is C15H30N2O. The fourth-order valence-corrected chi connectivity index (χ4v) is 2.89. The van der Waals surface area contributed by atoms with Gasteiger partial charge in [0.1, 0.15) is 0 Å². The number of amides is 1. The number of carbonyl (C=O) groups excluding carboxylic acids is 1. The highest BCUT2D eigenvalue weighted by atomic mass is 16.1. The van der Waals surface area contributed by atoms with Crippen molar-refractivity contribution in [3.8, 4) is 0 Å². The number of hydrogen-bond donors (Lipinski definition) is 2. The Kier molecular flexibility index (Phi) is 5.64. The van der Waals surface area contributed by atoms with Crippen LogP contribution in [0.15, 0.2) is 0 Å². The topological polar surface area (TPSA) is 55.1 Å². The van der Waals surface area contributed by atoms with Crippen molar-refractivity contribution < 1.29 is 4.79 Å². The second-order valence-corrected chi connectivity index (χ2v) is 7.16. The van der Waals surface area contributed by atoms with Gasteiger partial charge in [0.25, 0.3) is 0 Å². The van der Waals surface area contributed by atoms with Crippen LogP contribution in [-0.2, 0) is 4.79 Å². The molecule has 1 aliphatic carbocycles. The Bertz CT molecular complexity index is 270. The lowest BCUT2D eigenvalue weighted by Crippen LogP contribution is -2.43. The minimum atomic E-state index is -0.0242. The van der Waals surface area contributed by atoms with E-state index in [-0.39, 0.29) is 17.4 Å². The molecule has 0 aromatic heterocycles. The van der Waals surface area contributed by atoms with E-state index in [0.717, 1.165) is 12.8 Å². The molecule has 3 heteroatoms. The lowest BCUT2D eigenvalue weighted by atomic mass is 9.85. The van der Waals surface area contributed by atoms with Crippen LogP contribution in [0.2, 0.25) is 0 Å². The molecular weight excluding hydrogens is 224 g/mol. The first-order valence-electron chi connectivity index (χ1n) is 7.33. The zero-order chi connectivity index (χ0) is 13.8. The molecule has 1 aliphatic rings. The third-order valence-corrected chi connectivity index (χ3v) is 3.78. The quantitative estimate of drug-likeness (QED) is 0.810. The van der Waals surface area contributed by atoms with E-state index >= 15 is 0 Å². The van der Waals surface area contributed by atoms with E-state index in [2.05, 4.69) is 33.0 Å². The Morgan fingerprint density at radius 2 is 1.94 bits per heavy atom. The van der Waals surface area contributed by atoms with Crippen molar-refractivity contribution in [3.05, 3.63) is 0 Å². The second kappa shape index (κ2) is 6.55. The van der Waals surface area contributed by atoms with Crippen molar-refractivity contribution in [1.29, 1.82) is 0 Å². The predicted molar refractivity (Wildman–Crippen MR) is 76.2 cm³/mol. The normalized spacial score (nSPS) is 26.7. The summed E-state index contributed by atoms with van der Waals surface area (Å²) in [6, 6.07) is 0.344. The van der Waals surface area contributed by atoms with Crippen molar-refractivity contribution in [1.82, 2.24) is 5.32 Å². The van der Waals surface area contributed by atoms with Gasteiger partial charge in [0, 0.05) is 18.5 Å². The van der Waals surface area contributed by atoms with E-state index in [1.807, 2.05) is 0 Å². The second-order valence-electron chi connectivity index (χ2n) is 7.16. The lowest BCUT2D eigenvalue weighted by Gasteiger charge is -2.30. The Morgan fingerprint density at radius 1 is 1.33 bits per heavy atom. The molecule has 0 saturated heterocycles. The van der Waals surface area contributed by atoms with Gasteiger partial charge in [-0.05, 0) is 30.6 Å². The summed E-state index contributed by atoms with van der Waals surface area (Å²) in [6.45, 7) is 8.72. The molecule has 0 aromatic carbocycles. The summed E-state index contributed by atoms with van der Waals surface area (Å²) in [5, 5.41) is 3.17. The van der Waals surface area contributed by atoms with E-state index in [4.69, 9.17) is 5.73 Å². The van der Waals surface area contributed by atoms with Gasteiger partial charge in [-0.3, -0.25) is 4.79 Å². The zero-order valence-electron chi connectivity index (χ0n) is 12.5. The fourth-order valence-electron chi connectivity index (χ4n) is 2.89. The fraction of sp³-hybridized carbons (Fsp3) is 0.933. The van der Waals surface area contributed by atoms with E-state index in [1.54, 1.807) is 0 Å². The highest BCUT2D eigenvalue weighted by molar-refractivity contribution is 5.76. The molecule has 1 amide bonds. The standard InChI is InChI=1S/C15H30N2O/c1-11-7-5-6-8-13(11)17-14(18)9-12(16)10-15(2,3)4/h11-13H,5-10,16H2,1-4H3,(H,17,18). The van der Waals surface area contributed by atoms with Gasteiger partial charge in [-0.25, -0.2) is 0 Å². The minimum absolute atomic E-state index is 0.0242. The van der Waals surface area contributed by atoms with Gasteiger partial charge in [-0.1, -0.05) is 40.5 Å². The maximum atomic E-state index is 12.0. The average Bonchev–Trinajstić information content (AvgIpc) is 2.18. The summed E-state index contributed by atoms with van der Waals surface area (Å²) in [5.41, 5.74) is 6.23. The monoisotopic (exact) mass is 254 g/mol. The molecule has 1 fully saturated rings. The van der Waals surface area contributed by atoms with Crippen molar-refractivity contribution in [2.24, 2.45) is 17.1 Å². The first kappa shape index (κ1) is 15.5. The number of nitrogens with two attached hydrogens (primary N) is 1. The van der Waals surface area contributed by atoms with Crippen molar-refractivity contribution >= 4 is 5.91 Å². The van der Waals surface area contributed by atoms with Crippen LogP contribution >= 0.6 is 0 Å². The first-order valence-corrected chi connectivity index (χ1v) is 7.33. The van der Waals surface area contributed by atoms with E-state index in [1.165, 1.54) is 19.3 Å².